The number of hydrogen-bond acceptors (Lipinski definition) is 3. The third-order valence-corrected chi connectivity index (χ3v) is 4.75. The van der Waals surface area contributed by atoms with Gasteiger partial charge in [-0.3, -0.25) is 4.79 Å². The molecule has 0 spiro atoms. The molecule has 1 aliphatic rings. The average molecular weight is 311 g/mol. The highest BCUT2D eigenvalue weighted by molar-refractivity contribution is 6.31. The van der Waals surface area contributed by atoms with Crippen molar-refractivity contribution in [1.82, 2.24) is 0 Å². The lowest BCUT2D eigenvalue weighted by atomic mass is 9.70. The Balaban J connectivity index is 2.18. The first-order chi connectivity index (χ1) is 10.0. The molecular weight excluding hydrogens is 288 g/mol. The van der Waals surface area contributed by atoms with Gasteiger partial charge in [-0.15, -0.1) is 0 Å². The van der Waals surface area contributed by atoms with Gasteiger partial charge in [0.25, 0.3) is 0 Å². The third kappa shape index (κ3) is 3.50. The monoisotopic (exact) mass is 310 g/mol. The van der Waals surface area contributed by atoms with Crippen LogP contribution in [-0.4, -0.2) is 19.6 Å². The maximum atomic E-state index is 12.7. The van der Waals surface area contributed by atoms with Crippen LogP contribution in [0.3, 0.4) is 0 Å². The van der Waals surface area contributed by atoms with E-state index in [0.717, 1.165) is 25.7 Å². The van der Waals surface area contributed by atoms with Gasteiger partial charge < -0.3 is 15.8 Å². The van der Waals surface area contributed by atoms with Crippen molar-refractivity contribution in [3.63, 3.8) is 0 Å². The predicted molar refractivity (Wildman–Crippen MR) is 85.8 cm³/mol. The van der Waals surface area contributed by atoms with Gasteiger partial charge in [0.1, 0.15) is 5.75 Å². The van der Waals surface area contributed by atoms with E-state index < -0.39 is 5.41 Å². The molecule has 4 nitrogen and oxygen atoms in total. The first kappa shape index (κ1) is 16.1. The molecule has 2 rings (SSSR count). The van der Waals surface area contributed by atoms with Crippen molar-refractivity contribution >= 4 is 23.2 Å². The van der Waals surface area contributed by atoms with Gasteiger partial charge in [0.2, 0.25) is 5.91 Å². The number of halogens is 1. The molecule has 3 N–H and O–H groups in total. The Labute approximate surface area is 131 Å². The van der Waals surface area contributed by atoms with E-state index in [9.17, 15) is 4.79 Å². The number of methoxy groups -OCH3 is 1. The van der Waals surface area contributed by atoms with Crippen molar-refractivity contribution in [3.8, 4) is 5.75 Å². The van der Waals surface area contributed by atoms with Gasteiger partial charge >= 0.3 is 0 Å². The fourth-order valence-electron chi connectivity index (χ4n) is 2.87. The molecule has 21 heavy (non-hydrogen) atoms. The number of rotatable bonds is 4. The normalized spacial score (nSPS) is 25.4. The molecule has 1 aliphatic carbocycles. The van der Waals surface area contributed by atoms with Crippen molar-refractivity contribution in [2.24, 2.45) is 17.1 Å². The van der Waals surface area contributed by atoms with E-state index in [2.05, 4.69) is 12.2 Å². The van der Waals surface area contributed by atoms with Crippen molar-refractivity contribution in [2.75, 3.05) is 19.0 Å². The number of carbonyl (C=O) groups is 1. The second kappa shape index (κ2) is 6.67. The number of nitrogens with one attached hydrogen (secondary N) is 1. The minimum atomic E-state index is -0.472. The molecule has 0 aliphatic heterocycles. The molecule has 1 aromatic carbocycles. The number of nitrogens with two attached hydrogens (primary N) is 1. The van der Waals surface area contributed by atoms with E-state index in [1.165, 1.54) is 0 Å². The zero-order chi connectivity index (χ0) is 15.5. The summed E-state index contributed by atoms with van der Waals surface area (Å²) >= 11 is 6.00. The number of ether oxygens (including phenoxy) is 1. The Morgan fingerprint density at radius 2 is 2.14 bits per heavy atom. The first-order valence-electron chi connectivity index (χ1n) is 7.36. The quantitative estimate of drug-likeness (QED) is 0.895. The zero-order valence-electron chi connectivity index (χ0n) is 12.6. The Morgan fingerprint density at radius 1 is 1.48 bits per heavy atom. The van der Waals surface area contributed by atoms with Gasteiger partial charge in [-0.25, -0.2) is 0 Å². The highest BCUT2D eigenvalue weighted by atomic mass is 35.5. The van der Waals surface area contributed by atoms with E-state index in [0.29, 0.717) is 28.9 Å². The molecule has 1 amide bonds. The van der Waals surface area contributed by atoms with Crippen LogP contribution in [0, 0.1) is 11.3 Å². The molecule has 0 atom stereocenters. The Morgan fingerprint density at radius 3 is 2.71 bits per heavy atom. The molecule has 0 unspecified atom stereocenters. The van der Waals surface area contributed by atoms with Gasteiger partial charge in [-0.2, -0.15) is 0 Å². The lowest BCUT2D eigenvalue weighted by molar-refractivity contribution is -0.127. The lowest BCUT2D eigenvalue weighted by Gasteiger charge is -2.37. The highest BCUT2D eigenvalue weighted by Gasteiger charge is 2.40. The fraction of sp³-hybridized carbons (Fsp3) is 0.562. The van der Waals surface area contributed by atoms with Crippen LogP contribution in [0.4, 0.5) is 5.69 Å². The molecule has 1 saturated carbocycles. The standard InChI is InChI=1S/C16H23ClN2O2/c1-11-5-7-16(10-18,8-6-11)15(20)19-13-9-12(17)3-4-14(13)21-2/h3-4,9,11H,5-8,10,18H2,1-2H3,(H,19,20). The predicted octanol–water partition coefficient (Wildman–Crippen LogP) is 3.44. The van der Waals surface area contributed by atoms with Crippen molar-refractivity contribution < 1.29 is 9.53 Å². The lowest BCUT2D eigenvalue weighted by Crippen LogP contribution is -2.44. The summed E-state index contributed by atoms with van der Waals surface area (Å²) in [6.45, 7) is 2.59. The second-order valence-corrected chi connectivity index (χ2v) is 6.40. The van der Waals surface area contributed by atoms with Crippen LogP contribution in [0.2, 0.25) is 5.02 Å². The van der Waals surface area contributed by atoms with E-state index in [4.69, 9.17) is 22.1 Å². The molecule has 0 aromatic heterocycles. The molecule has 0 heterocycles. The van der Waals surface area contributed by atoms with Crippen LogP contribution < -0.4 is 15.8 Å². The van der Waals surface area contributed by atoms with Crippen LogP contribution in [0.5, 0.6) is 5.75 Å². The zero-order valence-corrected chi connectivity index (χ0v) is 13.4. The van der Waals surface area contributed by atoms with Crippen LogP contribution in [-0.2, 0) is 4.79 Å². The second-order valence-electron chi connectivity index (χ2n) is 5.97. The number of carbonyl (C=O) groups excluding carboxylic acids is 1. The van der Waals surface area contributed by atoms with Crippen LogP contribution in [0.15, 0.2) is 18.2 Å². The average Bonchev–Trinajstić information content (AvgIpc) is 2.48. The van der Waals surface area contributed by atoms with Crippen LogP contribution in [0.1, 0.15) is 32.6 Å². The molecule has 116 valence electrons. The summed E-state index contributed by atoms with van der Waals surface area (Å²) in [4.78, 5) is 12.7. The van der Waals surface area contributed by atoms with Crippen molar-refractivity contribution in [2.45, 2.75) is 32.6 Å². The molecule has 1 fully saturated rings. The topological polar surface area (TPSA) is 64.3 Å². The molecule has 1 aromatic rings. The summed E-state index contributed by atoms with van der Waals surface area (Å²) in [6, 6.07) is 5.18. The van der Waals surface area contributed by atoms with Gasteiger partial charge in [0, 0.05) is 11.6 Å². The minimum absolute atomic E-state index is 0.0301. The number of anilines is 1. The third-order valence-electron chi connectivity index (χ3n) is 4.51. The Bertz CT molecular complexity index is 511. The first-order valence-corrected chi connectivity index (χ1v) is 7.73. The molecule has 0 radical (unpaired) electrons. The molecular formula is C16H23ClN2O2. The number of amides is 1. The van der Waals surface area contributed by atoms with E-state index in [1.54, 1.807) is 25.3 Å². The minimum Gasteiger partial charge on any atom is -0.495 e. The Kier molecular flexibility index (Phi) is 5.12. The molecule has 0 bridgehead atoms. The maximum absolute atomic E-state index is 12.7. The van der Waals surface area contributed by atoms with Gasteiger partial charge in [0.15, 0.2) is 0 Å². The summed E-state index contributed by atoms with van der Waals surface area (Å²) in [5, 5.41) is 3.51. The summed E-state index contributed by atoms with van der Waals surface area (Å²) in [7, 11) is 1.57. The highest BCUT2D eigenvalue weighted by Crippen LogP contribution is 2.40. The fourth-order valence-corrected chi connectivity index (χ4v) is 3.04. The summed E-state index contributed by atoms with van der Waals surface area (Å²) in [5.74, 6) is 1.24. The molecule has 5 heteroatoms. The van der Waals surface area contributed by atoms with E-state index >= 15 is 0 Å². The van der Waals surface area contributed by atoms with E-state index in [-0.39, 0.29) is 5.91 Å². The number of benzene rings is 1. The van der Waals surface area contributed by atoms with Crippen molar-refractivity contribution in [1.29, 1.82) is 0 Å². The summed E-state index contributed by atoms with van der Waals surface area (Å²) in [6.07, 6.45) is 3.74. The van der Waals surface area contributed by atoms with Crippen LogP contribution in [0.25, 0.3) is 0 Å². The number of hydrogen-bond donors (Lipinski definition) is 2. The van der Waals surface area contributed by atoms with E-state index in [1.807, 2.05) is 0 Å². The summed E-state index contributed by atoms with van der Waals surface area (Å²) < 4.78 is 5.27. The Hall–Kier alpha value is -1.26. The van der Waals surface area contributed by atoms with Gasteiger partial charge in [0.05, 0.1) is 18.2 Å². The van der Waals surface area contributed by atoms with Crippen molar-refractivity contribution in [3.05, 3.63) is 23.2 Å². The SMILES string of the molecule is COc1ccc(Cl)cc1NC(=O)C1(CN)CCC(C)CC1. The largest absolute Gasteiger partial charge is 0.495 e. The van der Waals surface area contributed by atoms with Crippen LogP contribution >= 0.6 is 11.6 Å². The van der Waals surface area contributed by atoms with Gasteiger partial charge in [-0.05, 0) is 49.8 Å². The maximum Gasteiger partial charge on any atom is 0.231 e. The summed E-state index contributed by atoms with van der Waals surface area (Å²) in [5.41, 5.74) is 6.05. The molecule has 0 saturated heterocycles. The van der Waals surface area contributed by atoms with Gasteiger partial charge in [-0.1, -0.05) is 18.5 Å². The smallest absolute Gasteiger partial charge is 0.231 e.